The van der Waals surface area contributed by atoms with Crippen molar-refractivity contribution < 1.29 is 9.18 Å². The van der Waals surface area contributed by atoms with Crippen molar-refractivity contribution in [3.05, 3.63) is 30.1 Å². The fraction of sp³-hybridized carbons (Fsp3) is 0.300. The number of benzene rings is 1. The average molecular weight is 228 g/mol. The summed E-state index contributed by atoms with van der Waals surface area (Å²) in [6.45, 7) is 0.564. The molecule has 1 aromatic carbocycles. The van der Waals surface area contributed by atoms with E-state index in [2.05, 4.69) is 5.32 Å². The van der Waals surface area contributed by atoms with Crippen LogP contribution in [0.4, 0.5) is 10.1 Å². The summed E-state index contributed by atoms with van der Waals surface area (Å²) in [7, 11) is 0. The number of rotatable bonds is 5. The molecule has 0 aliphatic carbocycles. The molecule has 0 atom stereocenters. The monoisotopic (exact) mass is 228 g/mol. The van der Waals surface area contributed by atoms with E-state index >= 15 is 0 Å². The van der Waals surface area contributed by atoms with Crippen LogP contribution in [0.25, 0.3) is 0 Å². The lowest BCUT2D eigenvalue weighted by Gasteiger charge is -2.04. The van der Waals surface area contributed by atoms with E-state index in [0.717, 1.165) is 5.75 Å². The highest BCUT2D eigenvalue weighted by Crippen LogP contribution is 2.09. The molecular weight excluding hydrogens is 215 g/mol. The Kier molecular flexibility index (Phi) is 5.14. The number of nitrogens with two attached hydrogens (primary N) is 1. The summed E-state index contributed by atoms with van der Waals surface area (Å²) in [4.78, 5) is 11.3. The highest BCUT2D eigenvalue weighted by Gasteiger charge is 2.01. The van der Waals surface area contributed by atoms with Gasteiger partial charge < -0.3 is 11.1 Å². The van der Waals surface area contributed by atoms with Gasteiger partial charge in [0.05, 0.1) is 5.75 Å². The lowest BCUT2D eigenvalue weighted by atomic mass is 10.3. The molecule has 1 aromatic rings. The van der Waals surface area contributed by atoms with E-state index < -0.39 is 0 Å². The third-order valence-electron chi connectivity index (χ3n) is 1.62. The number of hydrogen-bond acceptors (Lipinski definition) is 3. The number of halogens is 1. The molecule has 3 N–H and O–H groups in total. The Hall–Kier alpha value is -1.07. The summed E-state index contributed by atoms with van der Waals surface area (Å²) >= 11 is 1.47. The van der Waals surface area contributed by atoms with Crippen LogP contribution in [-0.4, -0.2) is 24.0 Å². The van der Waals surface area contributed by atoms with Crippen molar-refractivity contribution in [2.45, 2.75) is 0 Å². The van der Waals surface area contributed by atoms with E-state index in [1.807, 2.05) is 0 Å². The van der Waals surface area contributed by atoms with Gasteiger partial charge in [0.2, 0.25) is 5.91 Å². The first kappa shape index (κ1) is 12.0. The maximum Gasteiger partial charge on any atom is 0.234 e. The standard InChI is InChI=1S/C10H13FN2OS/c11-8-1-3-9(4-2-8)13-10(14)7-15-6-5-12/h1-4H,5-7,12H2,(H,13,14). The number of anilines is 1. The number of amides is 1. The normalized spacial score (nSPS) is 10.0. The topological polar surface area (TPSA) is 55.1 Å². The lowest BCUT2D eigenvalue weighted by molar-refractivity contribution is -0.113. The van der Waals surface area contributed by atoms with E-state index in [1.54, 1.807) is 0 Å². The van der Waals surface area contributed by atoms with Gasteiger partial charge >= 0.3 is 0 Å². The van der Waals surface area contributed by atoms with Crippen LogP contribution in [0.5, 0.6) is 0 Å². The molecule has 0 unspecified atom stereocenters. The minimum Gasteiger partial charge on any atom is -0.330 e. The maximum absolute atomic E-state index is 12.5. The Balaban J connectivity index is 2.34. The fourth-order valence-electron chi connectivity index (χ4n) is 0.978. The van der Waals surface area contributed by atoms with E-state index in [1.165, 1.54) is 36.0 Å². The van der Waals surface area contributed by atoms with Crippen LogP contribution in [0.15, 0.2) is 24.3 Å². The Morgan fingerprint density at radius 2 is 2.07 bits per heavy atom. The van der Waals surface area contributed by atoms with Crippen LogP contribution in [0, 0.1) is 5.82 Å². The van der Waals surface area contributed by atoms with Gasteiger partial charge in [-0.05, 0) is 24.3 Å². The SMILES string of the molecule is NCCSCC(=O)Nc1ccc(F)cc1. The van der Waals surface area contributed by atoms with Crippen molar-refractivity contribution in [3.63, 3.8) is 0 Å². The molecule has 0 saturated carbocycles. The third kappa shape index (κ3) is 4.80. The second kappa shape index (κ2) is 6.42. The van der Waals surface area contributed by atoms with Crippen molar-refractivity contribution >= 4 is 23.4 Å². The number of hydrogen-bond donors (Lipinski definition) is 2. The molecule has 15 heavy (non-hydrogen) atoms. The van der Waals surface area contributed by atoms with Gasteiger partial charge in [-0.25, -0.2) is 4.39 Å². The molecule has 0 radical (unpaired) electrons. The Morgan fingerprint density at radius 1 is 1.40 bits per heavy atom. The minimum absolute atomic E-state index is 0.0972. The van der Waals surface area contributed by atoms with Gasteiger partial charge in [-0.15, -0.1) is 0 Å². The first-order chi connectivity index (χ1) is 7.22. The highest BCUT2D eigenvalue weighted by molar-refractivity contribution is 7.99. The molecule has 82 valence electrons. The van der Waals surface area contributed by atoms with Gasteiger partial charge in [-0.1, -0.05) is 0 Å². The van der Waals surface area contributed by atoms with Crippen LogP contribution in [-0.2, 0) is 4.79 Å². The minimum atomic E-state index is -0.314. The predicted molar refractivity (Wildman–Crippen MR) is 61.4 cm³/mol. The van der Waals surface area contributed by atoms with Crippen molar-refractivity contribution in [3.8, 4) is 0 Å². The lowest BCUT2D eigenvalue weighted by Crippen LogP contribution is -2.15. The molecule has 3 nitrogen and oxygen atoms in total. The van der Waals surface area contributed by atoms with Crippen LogP contribution < -0.4 is 11.1 Å². The summed E-state index contributed by atoms with van der Waals surface area (Å²) in [5, 5.41) is 2.66. The summed E-state index contributed by atoms with van der Waals surface area (Å²) in [5.41, 5.74) is 5.90. The molecule has 0 aliphatic heterocycles. The van der Waals surface area contributed by atoms with Crippen molar-refractivity contribution in [2.24, 2.45) is 5.73 Å². The number of carbonyl (C=O) groups excluding carboxylic acids is 1. The molecule has 5 heteroatoms. The van der Waals surface area contributed by atoms with Gasteiger partial charge in [-0.2, -0.15) is 11.8 Å². The zero-order valence-corrected chi connectivity index (χ0v) is 9.02. The average Bonchev–Trinajstić information content (AvgIpc) is 2.22. The quantitative estimate of drug-likeness (QED) is 0.750. The van der Waals surface area contributed by atoms with Gasteiger partial charge in [0.15, 0.2) is 0 Å². The Morgan fingerprint density at radius 3 is 2.67 bits per heavy atom. The summed E-state index contributed by atoms with van der Waals surface area (Å²) in [5.74, 6) is 0.719. The molecule has 0 aliphatic rings. The summed E-state index contributed by atoms with van der Waals surface area (Å²) in [6, 6.07) is 5.67. The van der Waals surface area contributed by atoms with Gasteiger partial charge in [-0.3, -0.25) is 4.79 Å². The fourth-order valence-corrected chi connectivity index (χ4v) is 1.55. The van der Waals surface area contributed by atoms with Gasteiger partial charge in [0.25, 0.3) is 0 Å². The van der Waals surface area contributed by atoms with Crippen molar-refractivity contribution in [2.75, 3.05) is 23.4 Å². The first-order valence-electron chi connectivity index (χ1n) is 4.55. The predicted octanol–water partition coefficient (Wildman–Crippen LogP) is 1.46. The Labute approximate surface area is 92.2 Å². The summed E-state index contributed by atoms with van der Waals surface area (Å²) < 4.78 is 12.5. The molecule has 0 bridgehead atoms. The van der Waals surface area contributed by atoms with Crippen molar-refractivity contribution in [1.82, 2.24) is 0 Å². The van der Waals surface area contributed by atoms with E-state index in [-0.39, 0.29) is 11.7 Å². The van der Waals surface area contributed by atoms with Crippen LogP contribution in [0.3, 0.4) is 0 Å². The van der Waals surface area contributed by atoms with Gasteiger partial charge in [0.1, 0.15) is 5.82 Å². The molecule has 0 spiro atoms. The smallest absolute Gasteiger partial charge is 0.234 e. The molecule has 0 fully saturated rings. The van der Waals surface area contributed by atoms with E-state index in [4.69, 9.17) is 5.73 Å². The summed E-state index contributed by atoms with van der Waals surface area (Å²) in [6.07, 6.45) is 0. The largest absolute Gasteiger partial charge is 0.330 e. The maximum atomic E-state index is 12.5. The van der Waals surface area contributed by atoms with Gasteiger partial charge in [0, 0.05) is 18.0 Å². The molecular formula is C10H13FN2OS. The van der Waals surface area contributed by atoms with Crippen LogP contribution >= 0.6 is 11.8 Å². The number of carbonyl (C=O) groups is 1. The zero-order valence-electron chi connectivity index (χ0n) is 8.20. The highest BCUT2D eigenvalue weighted by atomic mass is 32.2. The third-order valence-corrected chi connectivity index (χ3v) is 2.61. The molecule has 0 aromatic heterocycles. The Bertz CT molecular complexity index is 316. The first-order valence-corrected chi connectivity index (χ1v) is 5.71. The molecule has 1 rings (SSSR count). The molecule has 0 heterocycles. The molecule has 1 amide bonds. The zero-order chi connectivity index (χ0) is 11.1. The van der Waals surface area contributed by atoms with E-state index in [0.29, 0.717) is 18.0 Å². The number of nitrogens with one attached hydrogen (secondary N) is 1. The molecule has 0 saturated heterocycles. The van der Waals surface area contributed by atoms with Crippen molar-refractivity contribution in [1.29, 1.82) is 0 Å². The second-order valence-electron chi connectivity index (χ2n) is 2.90. The van der Waals surface area contributed by atoms with Crippen LogP contribution in [0.1, 0.15) is 0 Å². The number of thioether (sulfide) groups is 1. The van der Waals surface area contributed by atoms with E-state index in [9.17, 15) is 9.18 Å². The second-order valence-corrected chi connectivity index (χ2v) is 4.00. The van der Waals surface area contributed by atoms with Crippen LogP contribution in [0.2, 0.25) is 0 Å².